The van der Waals surface area contributed by atoms with Crippen molar-refractivity contribution in [3.05, 3.63) is 42.0 Å². The lowest BCUT2D eigenvalue weighted by atomic mass is 10.1. The zero-order chi connectivity index (χ0) is 15.6. The topological polar surface area (TPSA) is 81.4 Å². The highest BCUT2D eigenvalue weighted by atomic mass is 16.6. The first-order valence-electron chi connectivity index (χ1n) is 6.58. The number of carbonyl (C=O) groups is 2. The third-order valence-corrected chi connectivity index (χ3v) is 2.77. The van der Waals surface area contributed by atoms with Gasteiger partial charge in [-0.25, -0.2) is 4.79 Å². The van der Waals surface area contributed by atoms with E-state index >= 15 is 0 Å². The van der Waals surface area contributed by atoms with E-state index in [9.17, 15) is 9.59 Å². The number of hydrogen-bond donors (Lipinski definition) is 2. The highest BCUT2D eigenvalue weighted by Gasteiger charge is 2.16. The van der Waals surface area contributed by atoms with Crippen molar-refractivity contribution in [2.24, 2.45) is 5.73 Å². The molecule has 2 rings (SSSR count). The molecule has 0 aromatic heterocycles. The molecule has 0 bridgehead atoms. The molecule has 0 saturated heterocycles. The van der Waals surface area contributed by atoms with E-state index < -0.39 is 17.6 Å². The molecule has 0 aliphatic rings. The smallest absolute Gasteiger partial charge is 0.412 e. The van der Waals surface area contributed by atoms with Gasteiger partial charge in [-0.2, -0.15) is 0 Å². The number of benzene rings is 2. The molecule has 0 unspecified atom stereocenters. The fraction of sp³-hybridized carbons (Fsp3) is 0.250. The Bertz CT molecular complexity index is 702. The summed E-state index contributed by atoms with van der Waals surface area (Å²) in [5.41, 5.74) is 5.78. The second-order valence-corrected chi connectivity index (χ2v) is 5.77. The van der Waals surface area contributed by atoms with Gasteiger partial charge in [0.25, 0.3) is 0 Å². The molecule has 0 heterocycles. The molecule has 0 aliphatic carbocycles. The minimum atomic E-state index is -0.544. The summed E-state index contributed by atoms with van der Waals surface area (Å²) < 4.78 is 5.19. The van der Waals surface area contributed by atoms with Crippen LogP contribution in [0.5, 0.6) is 0 Å². The van der Waals surface area contributed by atoms with Crippen molar-refractivity contribution in [1.29, 1.82) is 0 Å². The number of nitrogens with one attached hydrogen (secondary N) is 1. The Morgan fingerprint density at radius 2 is 1.67 bits per heavy atom. The van der Waals surface area contributed by atoms with E-state index in [2.05, 4.69) is 5.32 Å². The predicted molar refractivity (Wildman–Crippen MR) is 82.3 cm³/mol. The largest absolute Gasteiger partial charge is 0.444 e. The van der Waals surface area contributed by atoms with Crippen molar-refractivity contribution in [1.82, 2.24) is 0 Å². The predicted octanol–water partition coefficient (Wildman–Crippen LogP) is 3.29. The third-order valence-electron chi connectivity index (χ3n) is 2.77. The standard InChI is InChI=1S/C16H18N2O3/c1-16(2,3)21-15(20)18-13-7-6-10-8-12(14(17)19)5-4-11(10)9-13/h4-9H,1-3H3,(H2,17,19)(H,18,20). The van der Waals surface area contributed by atoms with Crippen molar-refractivity contribution in [3.8, 4) is 0 Å². The van der Waals surface area contributed by atoms with Crippen LogP contribution in [-0.4, -0.2) is 17.6 Å². The number of nitrogens with two attached hydrogens (primary N) is 1. The number of hydrogen-bond acceptors (Lipinski definition) is 3. The number of anilines is 1. The lowest BCUT2D eigenvalue weighted by Gasteiger charge is -2.19. The van der Waals surface area contributed by atoms with Crippen LogP contribution in [0.2, 0.25) is 0 Å². The molecule has 21 heavy (non-hydrogen) atoms. The van der Waals surface area contributed by atoms with Crippen molar-refractivity contribution < 1.29 is 14.3 Å². The molecule has 0 radical (unpaired) electrons. The van der Waals surface area contributed by atoms with Crippen LogP contribution in [0.25, 0.3) is 10.8 Å². The Morgan fingerprint density at radius 3 is 2.29 bits per heavy atom. The van der Waals surface area contributed by atoms with E-state index in [1.165, 1.54) is 0 Å². The molecule has 2 aromatic rings. The Balaban J connectivity index is 2.22. The number of rotatable bonds is 2. The van der Waals surface area contributed by atoms with Crippen molar-refractivity contribution in [2.75, 3.05) is 5.32 Å². The van der Waals surface area contributed by atoms with Crippen LogP contribution < -0.4 is 11.1 Å². The Kier molecular flexibility index (Phi) is 3.84. The van der Waals surface area contributed by atoms with E-state index in [0.29, 0.717) is 11.3 Å². The summed E-state index contributed by atoms with van der Waals surface area (Å²) in [7, 11) is 0. The Labute approximate surface area is 123 Å². The van der Waals surface area contributed by atoms with Crippen LogP contribution >= 0.6 is 0 Å². The second kappa shape index (κ2) is 5.44. The van der Waals surface area contributed by atoms with Crippen LogP contribution in [-0.2, 0) is 4.74 Å². The second-order valence-electron chi connectivity index (χ2n) is 5.77. The van der Waals surface area contributed by atoms with Gasteiger partial charge in [0.2, 0.25) is 5.91 Å². The summed E-state index contributed by atoms with van der Waals surface area (Å²) in [6.07, 6.45) is -0.504. The number of amides is 2. The van der Waals surface area contributed by atoms with E-state index in [-0.39, 0.29) is 0 Å². The maximum atomic E-state index is 11.7. The molecule has 0 saturated carbocycles. The summed E-state index contributed by atoms with van der Waals surface area (Å²) in [5.74, 6) is -0.465. The molecule has 110 valence electrons. The SMILES string of the molecule is CC(C)(C)OC(=O)Nc1ccc2cc(C(N)=O)ccc2c1. The van der Waals surface area contributed by atoms with Crippen LogP contribution in [0.3, 0.4) is 0 Å². The van der Waals surface area contributed by atoms with E-state index in [0.717, 1.165) is 10.8 Å². The van der Waals surface area contributed by atoms with Gasteiger partial charge in [-0.15, -0.1) is 0 Å². The van der Waals surface area contributed by atoms with Gasteiger partial charge in [-0.1, -0.05) is 12.1 Å². The molecule has 5 nitrogen and oxygen atoms in total. The molecule has 0 atom stereocenters. The number of ether oxygens (including phenoxy) is 1. The van der Waals surface area contributed by atoms with Crippen LogP contribution in [0.1, 0.15) is 31.1 Å². The Hall–Kier alpha value is -2.56. The molecule has 5 heteroatoms. The van der Waals surface area contributed by atoms with Gasteiger partial charge in [0.05, 0.1) is 0 Å². The molecule has 0 fully saturated rings. The minimum Gasteiger partial charge on any atom is -0.444 e. The molecule has 2 aromatic carbocycles. The van der Waals surface area contributed by atoms with Crippen LogP contribution in [0.15, 0.2) is 36.4 Å². The molecule has 3 N–H and O–H groups in total. The number of primary amides is 1. The van der Waals surface area contributed by atoms with Crippen molar-refractivity contribution in [3.63, 3.8) is 0 Å². The third kappa shape index (κ3) is 3.95. The highest BCUT2D eigenvalue weighted by molar-refractivity contribution is 5.98. The highest BCUT2D eigenvalue weighted by Crippen LogP contribution is 2.21. The van der Waals surface area contributed by atoms with Gasteiger partial charge in [-0.3, -0.25) is 10.1 Å². The minimum absolute atomic E-state index is 0.454. The molecule has 2 amide bonds. The van der Waals surface area contributed by atoms with Gasteiger partial charge in [-0.05, 0) is 55.8 Å². The average molecular weight is 286 g/mol. The van der Waals surface area contributed by atoms with Gasteiger partial charge in [0.15, 0.2) is 0 Å². The molecule has 0 aliphatic heterocycles. The molecule has 0 spiro atoms. The summed E-state index contributed by atoms with van der Waals surface area (Å²) >= 11 is 0. The first-order chi connectivity index (χ1) is 9.74. The summed E-state index contributed by atoms with van der Waals surface area (Å²) in [5, 5.41) is 4.45. The molecular weight excluding hydrogens is 268 g/mol. The monoisotopic (exact) mass is 286 g/mol. The van der Waals surface area contributed by atoms with Gasteiger partial charge < -0.3 is 10.5 Å². The van der Waals surface area contributed by atoms with Crippen molar-refractivity contribution in [2.45, 2.75) is 26.4 Å². The fourth-order valence-corrected chi connectivity index (χ4v) is 1.90. The lowest BCUT2D eigenvalue weighted by molar-refractivity contribution is 0.0635. The average Bonchev–Trinajstić information content (AvgIpc) is 2.35. The van der Waals surface area contributed by atoms with E-state index in [1.807, 2.05) is 12.1 Å². The quantitative estimate of drug-likeness (QED) is 0.888. The lowest BCUT2D eigenvalue weighted by Crippen LogP contribution is -2.27. The normalized spacial score (nSPS) is 11.2. The van der Waals surface area contributed by atoms with Crippen molar-refractivity contribution >= 4 is 28.5 Å². The fourth-order valence-electron chi connectivity index (χ4n) is 1.90. The van der Waals surface area contributed by atoms with Gasteiger partial charge in [0.1, 0.15) is 5.60 Å². The van der Waals surface area contributed by atoms with E-state index in [4.69, 9.17) is 10.5 Å². The van der Waals surface area contributed by atoms with E-state index in [1.54, 1.807) is 45.0 Å². The maximum absolute atomic E-state index is 11.7. The van der Waals surface area contributed by atoms with Crippen LogP contribution in [0, 0.1) is 0 Å². The van der Waals surface area contributed by atoms with Gasteiger partial charge >= 0.3 is 6.09 Å². The summed E-state index contributed by atoms with van der Waals surface area (Å²) in [4.78, 5) is 22.9. The zero-order valence-electron chi connectivity index (χ0n) is 12.3. The summed E-state index contributed by atoms with van der Waals surface area (Å²) in [6.45, 7) is 5.41. The Morgan fingerprint density at radius 1 is 1.05 bits per heavy atom. The van der Waals surface area contributed by atoms with Gasteiger partial charge in [0, 0.05) is 11.3 Å². The number of carbonyl (C=O) groups excluding carboxylic acids is 2. The first kappa shape index (κ1) is 14.8. The maximum Gasteiger partial charge on any atom is 0.412 e. The summed E-state index contributed by atoms with van der Waals surface area (Å²) in [6, 6.07) is 10.5. The van der Waals surface area contributed by atoms with Crippen LogP contribution in [0.4, 0.5) is 10.5 Å². The first-order valence-corrected chi connectivity index (χ1v) is 6.58. The number of fused-ring (bicyclic) bond motifs is 1. The molecular formula is C16H18N2O3. The zero-order valence-corrected chi connectivity index (χ0v) is 12.3.